The number of nitrogens with one attached hydrogen (secondary N) is 2. The van der Waals surface area contributed by atoms with E-state index in [0.29, 0.717) is 11.0 Å². The average Bonchev–Trinajstić information content (AvgIpc) is 3.00. The van der Waals surface area contributed by atoms with E-state index in [0.717, 1.165) is 23.1 Å². The van der Waals surface area contributed by atoms with Crippen LogP contribution in [0.25, 0.3) is 11.4 Å². The van der Waals surface area contributed by atoms with Crippen molar-refractivity contribution in [2.24, 2.45) is 5.73 Å². The Bertz CT molecular complexity index is 656. The highest BCUT2D eigenvalue weighted by Gasteiger charge is 2.09. The monoisotopic (exact) mass is 321 g/mol. The summed E-state index contributed by atoms with van der Waals surface area (Å²) in [6.45, 7) is -0.176. The van der Waals surface area contributed by atoms with Gasteiger partial charge in [0.1, 0.15) is 5.75 Å². The summed E-state index contributed by atoms with van der Waals surface area (Å²) in [5, 5.41) is 9.67. The van der Waals surface area contributed by atoms with Gasteiger partial charge in [0.25, 0.3) is 0 Å². The number of amides is 2. The zero-order chi connectivity index (χ0) is 15.9. The van der Waals surface area contributed by atoms with E-state index >= 15 is 0 Å². The van der Waals surface area contributed by atoms with E-state index in [1.807, 2.05) is 24.3 Å². The molecule has 22 heavy (non-hydrogen) atoms. The lowest BCUT2D eigenvalue weighted by Gasteiger charge is -2.00. The van der Waals surface area contributed by atoms with Crippen LogP contribution in [0.2, 0.25) is 0 Å². The number of carbonyl (C=O) groups is 2. The number of nitrogens with zero attached hydrogens (tertiary/aromatic N) is 2. The van der Waals surface area contributed by atoms with Crippen molar-refractivity contribution in [1.29, 1.82) is 0 Å². The van der Waals surface area contributed by atoms with Gasteiger partial charge in [0, 0.05) is 5.56 Å². The number of methoxy groups -OCH3 is 1. The zero-order valence-electron chi connectivity index (χ0n) is 11.8. The van der Waals surface area contributed by atoms with Gasteiger partial charge in [-0.15, -0.1) is 5.10 Å². The summed E-state index contributed by atoms with van der Waals surface area (Å²) in [6.07, 6.45) is 0. The maximum absolute atomic E-state index is 11.4. The largest absolute Gasteiger partial charge is 0.497 e. The molecule has 0 aliphatic rings. The lowest BCUT2D eigenvalue weighted by atomic mass is 10.2. The lowest BCUT2D eigenvalue weighted by Crippen LogP contribution is -2.34. The van der Waals surface area contributed by atoms with E-state index < -0.39 is 5.91 Å². The molecular weight excluding hydrogens is 306 g/mol. The second kappa shape index (κ2) is 7.46. The molecule has 0 atom stereocenters. The van der Waals surface area contributed by atoms with Gasteiger partial charge in [0.2, 0.25) is 17.0 Å². The van der Waals surface area contributed by atoms with Crippen molar-refractivity contribution in [3.8, 4) is 17.1 Å². The molecule has 9 heteroatoms. The number of aromatic nitrogens is 3. The number of hydrogen-bond donors (Lipinski definition) is 3. The van der Waals surface area contributed by atoms with Gasteiger partial charge in [-0.05, 0) is 24.3 Å². The smallest absolute Gasteiger partial charge is 0.236 e. The predicted octanol–water partition coefficient (Wildman–Crippen LogP) is 0.174. The second-order valence-corrected chi connectivity index (χ2v) is 5.17. The molecule has 0 aliphatic heterocycles. The number of hydrogen-bond acceptors (Lipinski definition) is 6. The summed E-state index contributed by atoms with van der Waals surface area (Å²) in [5.41, 5.74) is 5.80. The Balaban J connectivity index is 1.90. The van der Waals surface area contributed by atoms with Gasteiger partial charge >= 0.3 is 0 Å². The van der Waals surface area contributed by atoms with Gasteiger partial charge in [0.05, 0.1) is 19.4 Å². The van der Waals surface area contributed by atoms with Gasteiger partial charge in [0.15, 0.2) is 5.82 Å². The molecule has 1 aromatic carbocycles. The molecule has 0 aliphatic carbocycles. The summed E-state index contributed by atoms with van der Waals surface area (Å²) < 4.78 is 5.09. The molecule has 0 unspecified atom stereocenters. The SMILES string of the molecule is COc1ccc(-c2nc(SCC(=O)NCC(N)=O)n[nH]2)cc1. The van der Waals surface area contributed by atoms with Crippen LogP contribution in [0.3, 0.4) is 0 Å². The molecule has 116 valence electrons. The quantitative estimate of drug-likeness (QED) is 0.625. The van der Waals surface area contributed by atoms with Gasteiger partial charge in [-0.2, -0.15) is 0 Å². The number of primary amides is 1. The van der Waals surface area contributed by atoms with Crippen molar-refractivity contribution in [3.63, 3.8) is 0 Å². The number of H-pyrrole nitrogens is 1. The number of aromatic amines is 1. The molecule has 1 heterocycles. The number of thioether (sulfide) groups is 1. The molecular formula is C13H15N5O3S. The van der Waals surface area contributed by atoms with Crippen LogP contribution in [0.4, 0.5) is 0 Å². The van der Waals surface area contributed by atoms with E-state index in [1.54, 1.807) is 7.11 Å². The topological polar surface area (TPSA) is 123 Å². The Morgan fingerprint density at radius 1 is 1.36 bits per heavy atom. The summed E-state index contributed by atoms with van der Waals surface area (Å²) in [7, 11) is 1.60. The lowest BCUT2D eigenvalue weighted by molar-refractivity contribution is -0.123. The van der Waals surface area contributed by atoms with E-state index in [4.69, 9.17) is 10.5 Å². The molecule has 0 bridgehead atoms. The van der Waals surface area contributed by atoms with Crippen LogP contribution >= 0.6 is 11.8 Å². The first-order valence-corrected chi connectivity index (χ1v) is 7.31. The van der Waals surface area contributed by atoms with E-state index in [2.05, 4.69) is 20.5 Å². The number of benzene rings is 1. The van der Waals surface area contributed by atoms with Gasteiger partial charge in [-0.3, -0.25) is 14.7 Å². The minimum atomic E-state index is -0.585. The Kier molecular flexibility index (Phi) is 5.37. The van der Waals surface area contributed by atoms with E-state index in [1.165, 1.54) is 0 Å². The Labute approximate surface area is 130 Å². The number of carbonyl (C=O) groups excluding carboxylic acids is 2. The van der Waals surface area contributed by atoms with Crippen molar-refractivity contribution in [2.45, 2.75) is 5.16 Å². The summed E-state index contributed by atoms with van der Waals surface area (Å²) in [6, 6.07) is 7.35. The fourth-order valence-electron chi connectivity index (χ4n) is 1.56. The molecule has 8 nitrogen and oxygen atoms in total. The molecule has 2 aromatic rings. The van der Waals surface area contributed by atoms with Gasteiger partial charge < -0.3 is 15.8 Å². The fourth-order valence-corrected chi connectivity index (χ4v) is 2.18. The summed E-state index contributed by atoms with van der Waals surface area (Å²) in [5.74, 6) is 0.567. The average molecular weight is 321 g/mol. The molecule has 0 saturated carbocycles. The van der Waals surface area contributed by atoms with Crippen LogP contribution < -0.4 is 15.8 Å². The number of nitrogens with two attached hydrogens (primary N) is 1. The molecule has 0 radical (unpaired) electrons. The first-order chi connectivity index (χ1) is 10.6. The van der Waals surface area contributed by atoms with Crippen molar-refractivity contribution < 1.29 is 14.3 Å². The molecule has 0 spiro atoms. The first-order valence-electron chi connectivity index (χ1n) is 6.33. The van der Waals surface area contributed by atoms with Crippen molar-refractivity contribution in [1.82, 2.24) is 20.5 Å². The molecule has 0 saturated heterocycles. The van der Waals surface area contributed by atoms with Crippen molar-refractivity contribution >= 4 is 23.6 Å². The second-order valence-electron chi connectivity index (χ2n) is 4.23. The minimum Gasteiger partial charge on any atom is -0.497 e. The highest BCUT2D eigenvalue weighted by molar-refractivity contribution is 7.99. The zero-order valence-corrected chi connectivity index (χ0v) is 12.6. The first kappa shape index (κ1) is 15.8. The maximum Gasteiger partial charge on any atom is 0.236 e. The normalized spacial score (nSPS) is 10.2. The van der Waals surface area contributed by atoms with Crippen LogP contribution in [0, 0.1) is 0 Å². The van der Waals surface area contributed by atoms with Crippen LogP contribution in [0.1, 0.15) is 0 Å². The van der Waals surface area contributed by atoms with E-state index in [-0.39, 0.29) is 18.2 Å². The minimum absolute atomic E-state index is 0.104. The van der Waals surface area contributed by atoms with Crippen molar-refractivity contribution in [2.75, 3.05) is 19.4 Å². The molecule has 4 N–H and O–H groups in total. The highest BCUT2D eigenvalue weighted by atomic mass is 32.2. The Morgan fingerprint density at radius 3 is 2.73 bits per heavy atom. The summed E-state index contributed by atoms with van der Waals surface area (Å²) >= 11 is 1.16. The van der Waals surface area contributed by atoms with Crippen LogP contribution in [-0.4, -0.2) is 46.4 Å². The Hall–Kier alpha value is -2.55. The van der Waals surface area contributed by atoms with Crippen LogP contribution in [-0.2, 0) is 9.59 Å². The number of ether oxygens (including phenoxy) is 1. The van der Waals surface area contributed by atoms with E-state index in [9.17, 15) is 9.59 Å². The molecule has 1 aromatic heterocycles. The van der Waals surface area contributed by atoms with Crippen LogP contribution in [0.15, 0.2) is 29.4 Å². The standard InChI is InChI=1S/C13H15N5O3S/c1-21-9-4-2-8(3-5-9)12-16-13(18-17-12)22-7-11(20)15-6-10(14)19/h2-5H,6-7H2,1H3,(H2,14,19)(H,15,20)(H,16,17,18). The van der Waals surface area contributed by atoms with Gasteiger partial charge in [-0.25, -0.2) is 4.98 Å². The molecule has 2 rings (SSSR count). The summed E-state index contributed by atoms with van der Waals surface area (Å²) in [4.78, 5) is 26.3. The highest BCUT2D eigenvalue weighted by Crippen LogP contribution is 2.21. The van der Waals surface area contributed by atoms with Crippen LogP contribution in [0.5, 0.6) is 5.75 Å². The predicted molar refractivity (Wildman–Crippen MR) is 81.3 cm³/mol. The number of rotatable bonds is 7. The molecule has 0 fully saturated rings. The Morgan fingerprint density at radius 2 is 2.09 bits per heavy atom. The third-order valence-electron chi connectivity index (χ3n) is 2.62. The molecule has 2 amide bonds. The third kappa shape index (κ3) is 4.48. The third-order valence-corrected chi connectivity index (χ3v) is 3.47. The van der Waals surface area contributed by atoms with Crippen molar-refractivity contribution in [3.05, 3.63) is 24.3 Å². The van der Waals surface area contributed by atoms with Gasteiger partial charge in [-0.1, -0.05) is 11.8 Å². The maximum atomic E-state index is 11.4. The fraction of sp³-hybridized carbons (Fsp3) is 0.231.